The third-order valence-electron chi connectivity index (χ3n) is 6.16. The molecule has 2 heterocycles. The Morgan fingerprint density at radius 3 is 2.58 bits per heavy atom. The molecule has 1 aliphatic heterocycles. The van der Waals surface area contributed by atoms with Gasteiger partial charge in [-0.05, 0) is 55.0 Å². The number of hydrogen-bond acceptors (Lipinski definition) is 6. The molecule has 1 atom stereocenters. The van der Waals surface area contributed by atoms with Crippen molar-refractivity contribution in [3.8, 4) is 17.6 Å². The number of hydrogen-bond donors (Lipinski definition) is 3. The molecule has 8 nitrogen and oxygen atoms in total. The molecule has 8 heteroatoms. The lowest BCUT2D eigenvalue weighted by Crippen LogP contribution is -2.29. The van der Waals surface area contributed by atoms with Crippen molar-refractivity contribution >= 4 is 34.0 Å². The lowest BCUT2D eigenvalue weighted by Gasteiger charge is -2.26. The van der Waals surface area contributed by atoms with Crippen LogP contribution in [0, 0.1) is 11.3 Å². The number of phenolic OH excluding ortho intramolecular Hbond substituents is 1. The normalized spacial score (nSPS) is 16.9. The predicted molar refractivity (Wildman–Crippen MR) is 134 cm³/mol. The molecule has 0 radical (unpaired) electrons. The Labute approximate surface area is 206 Å². The number of aromatic nitrogens is 1. The highest BCUT2D eigenvalue weighted by atomic mass is 16.5. The van der Waals surface area contributed by atoms with Crippen LogP contribution in [0.3, 0.4) is 0 Å². The van der Waals surface area contributed by atoms with Gasteiger partial charge < -0.3 is 19.9 Å². The highest BCUT2D eigenvalue weighted by molar-refractivity contribution is 6.51. The van der Waals surface area contributed by atoms with E-state index in [0.717, 1.165) is 5.52 Å². The van der Waals surface area contributed by atoms with E-state index >= 15 is 0 Å². The quantitative estimate of drug-likeness (QED) is 0.215. The number of anilines is 1. The first kappa shape index (κ1) is 22.7. The Bertz CT molecular complexity index is 1580. The van der Waals surface area contributed by atoms with Crippen molar-refractivity contribution in [3.63, 3.8) is 0 Å². The number of para-hydroxylation sites is 1. The first-order valence-electron chi connectivity index (χ1n) is 11.3. The summed E-state index contributed by atoms with van der Waals surface area (Å²) in [6.45, 7) is 2.06. The molecule has 3 aromatic carbocycles. The number of carbonyl (C=O) groups is 2. The van der Waals surface area contributed by atoms with Gasteiger partial charge in [0.15, 0.2) is 11.5 Å². The summed E-state index contributed by atoms with van der Waals surface area (Å²) in [6.07, 6.45) is 1.59. The van der Waals surface area contributed by atoms with Gasteiger partial charge in [0.05, 0.1) is 29.9 Å². The summed E-state index contributed by atoms with van der Waals surface area (Å²) in [5.74, 6) is -1.90. The molecule has 36 heavy (non-hydrogen) atoms. The average Bonchev–Trinajstić information content (AvgIpc) is 3.44. The van der Waals surface area contributed by atoms with Gasteiger partial charge in [-0.2, -0.15) is 5.26 Å². The number of nitrogens with zero attached hydrogens (tertiary/aromatic N) is 2. The van der Waals surface area contributed by atoms with Crippen molar-refractivity contribution in [2.75, 3.05) is 11.5 Å². The molecule has 0 bridgehead atoms. The number of ether oxygens (including phenoxy) is 1. The predicted octanol–water partition coefficient (Wildman–Crippen LogP) is 4.77. The van der Waals surface area contributed by atoms with Crippen molar-refractivity contribution in [3.05, 3.63) is 95.2 Å². The molecule has 1 saturated heterocycles. The molecule has 178 valence electrons. The van der Waals surface area contributed by atoms with Gasteiger partial charge in [0.1, 0.15) is 5.76 Å². The number of Topliss-reactive ketones (excluding diaryl/α,β-unsaturated/α-hetero) is 1. The minimum Gasteiger partial charge on any atom is -0.507 e. The number of carbonyl (C=O) groups excluding carboxylic acids is 2. The van der Waals surface area contributed by atoms with Gasteiger partial charge >= 0.3 is 0 Å². The van der Waals surface area contributed by atoms with Crippen LogP contribution in [-0.4, -0.2) is 33.5 Å². The van der Waals surface area contributed by atoms with Gasteiger partial charge in [-0.3, -0.25) is 14.5 Å². The van der Waals surface area contributed by atoms with Crippen molar-refractivity contribution < 1.29 is 24.5 Å². The standard InChI is InChI=1S/C28H21N3O5/c1-2-36-23-13-17(9-12-22(23)32)25-24(26(33)20-15-30-21-6-4-3-5-19(20)21)27(34)28(35)31(25)18-10-7-16(14-29)8-11-18/h3-13,15,25,30,32-33H,2H2,1H3/b26-24-. The van der Waals surface area contributed by atoms with E-state index < -0.39 is 17.7 Å². The SMILES string of the molecule is CCOc1cc(C2/C(=C(/O)c3c[nH]c4ccccc34)C(=O)C(=O)N2c2ccc(C#N)cc2)ccc1O. The van der Waals surface area contributed by atoms with Gasteiger partial charge in [-0.1, -0.05) is 24.3 Å². The minimum absolute atomic E-state index is 0.0902. The van der Waals surface area contributed by atoms with E-state index in [1.54, 1.807) is 55.6 Å². The molecule has 1 aromatic heterocycles. The van der Waals surface area contributed by atoms with Crippen LogP contribution in [0.2, 0.25) is 0 Å². The topological polar surface area (TPSA) is 127 Å². The summed E-state index contributed by atoms with van der Waals surface area (Å²) in [5.41, 5.74) is 2.29. The summed E-state index contributed by atoms with van der Waals surface area (Å²) in [7, 11) is 0. The molecule has 0 aliphatic carbocycles. The van der Waals surface area contributed by atoms with E-state index in [2.05, 4.69) is 4.98 Å². The van der Waals surface area contributed by atoms with E-state index in [-0.39, 0.29) is 22.8 Å². The Kier molecular flexibility index (Phi) is 5.66. The number of nitriles is 1. The number of phenols is 1. The zero-order valence-corrected chi connectivity index (χ0v) is 19.2. The molecule has 5 rings (SSSR count). The monoisotopic (exact) mass is 479 g/mol. The van der Waals surface area contributed by atoms with E-state index in [4.69, 9.17) is 10.00 Å². The maximum absolute atomic E-state index is 13.4. The first-order chi connectivity index (χ1) is 17.4. The van der Waals surface area contributed by atoms with E-state index in [1.165, 1.54) is 11.0 Å². The smallest absolute Gasteiger partial charge is 0.300 e. The van der Waals surface area contributed by atoms with Gasteiger partial charge in [-0.25, -0.2) is 0 Å². The summed E-state index contributed by atoms with van der Waals surface area (Å²) >= 11 is 0. The Morgan fingerprint density at radius 2 is 1.86 bits per heavy atom. The second kappa shape index (κ2) is 8.96. The number of aliphatic hydroxyl groups excluding tert-OH is 1. The first-order valence-corrected chi connectivity index (χ1v) is 11.3. The zero-order chi connectivity index (χ0) is 25.4. The number of benzene rings is 3. The fraction of sp³-hybridized carbons (Fsp3) is 0.107. The highest BCUT2D eigenvalue weighted by Crippen LogP contribution is 2.44. The fourth-order valence-electron chi connectivity index (χ4n) is 4.50. The fourth-order valence-corrected chi connectivity index (χ4v) is 4.50. The van der Waals surface area contributed by atoms with Gasteiger partial charge in [0.2, 0.25) is 0 Å². The summed E-state index contributed by atoms with van der Waals surface area (Å²) in [6, 6.07) is 19.1. The largest absolute Gasteiger partial charge is 0.507 e. The number of aromatic amines is 1. The van der Waals surface area contributed by atoms with E-state index in [9.17, 15) is 19.8 Å². The number of H-pyrrole nitrogens is 1. The zero-order valence-electron chi connectivity index (χ0n) is 19.2. The molecule has 1 aliphatic rings. The summed E-state index contributed by atoms with van der Waals surface area (Å²) in [4.78, 5) is 31.1. The second-order valence-corrected chi connectivity index (χ2v) is 8.24. The van der Waals surface area contributed by atoms with Crippen LogP contribution in [0.1, 0.15) is 29.7 Å². The number of amides is 1. The number of nitrogens with one attached hydrogen (secondary N) is 1. The van der Waals surface area contributed by atoms with Crippen molar-refractivity contribution in [1.82, 2.24) is 4.98 Å². The molecule has 0 spiro atoms. The van der Waals surface area contributed by atoms with E-state index in [1.807, 2.05) is 24.3 Å². The van der Waals surface area contributed by atoms with E-state index in [0.29, 0.717) is 34.4 Å². The Hall–Kier alpha value is -5.03. The molecule has 1 amide bonds. The average molecular weight is 479 g/mol. The van der Waals surface area contributed by atoms with Gasteiger partial charge in [-0.15, -0.1) is 0 Å². The third kappa shape index (κ3) is 3.63. The number of rotatable bonds is 5. The molecular formula is C28H21N3O5. The molecule has 0 saturated carbocycles. The molecular weight excluding hydrogens is 458 g/mol. The molecule has 3 N–H and O–H groups in total. The number of fused-ring (bicyclic) bond motifs is 1. The van der Waals surface area contributed by atoms with Crippen LogP contribution in [0.15, 0.2) is 78.5 Å². The maximum Gasteiger partial charge on any atom is 0.300 e. The van der Waals surface area contributed by atoms with Gasteiger partial charge in [0.25, 0.3) is 11.7 Å². The van der Waals surface area contributed by atoms with Crippen LogP contribution in [0.4, 0.5) is 5.69 Å². The molecule has 4 aromatic rings. The van der Waals surface area contributed by atoms with Crippen LogP contribution >= 0.6 is 0 Å². The van der Waals surface area contributed by atoms with Crippen molar-refractivity contribution in [1.29, 1.82) is 5.26 Å². The van der Waals surface area contributed by atoms with Crippen molar-refractivity contribution in [2.24, 2.45) is 0 Å². The maximum atomic E-state index is 13.4. The number of aromatic hydroxyl groups is 1. The lowest BCUT2D eigenvalue weighted by molar-refractivity contribution is -0.132. The van der Waals surface area contributed by atoms with Crippen LogP contribution in [0.25, 0.3) is 16.7 Å². The molecule has 1 unspecified atom stereocenters. The summed E-state index contributed by atoms with van der Waals surface area (Å²) in [5, 5.41) is 31.5. The third-order valence-corrected chi connectivity index (χ3v) is 6.16. The second-order valence-electron chi connectivity index (χ2n) is 8.24. The minimum atomic E-state index is -1.01. The Balaban J connectivity index is 1.75. The van der Waals surface area contributed by atoms with Gasteiger partial charge in [0, 0.05) is 28.4 Å². The van der Waals surface area contributed by atoms with Crippen LogP contribution in [0.5, 0.6) is 11.5 Å². The highest BCUT2D eigenvalue weighted by Gasteiger charge is 2.47. The number of aliphatic hydroxyl groups is 1. The van der Waals surface area contributed by atoms with Crippen LogP contribution < -0.4 is 9.64 Å². The molecule has 1 fully saturated rings. The van der Waals surface area contributed by atoms with Crippen LogP contribution in [-0.2, 0) is 9.59 Å². The van der Waals surface area contributed by atoms with Crippen molar-refractivity contribution in [2.45, 2.75) is 13.0 Å². The lowest BCUT2D eigenvalue weighted by atomic mass is 9.94. The summed E-state index contributed by atoms with van der Waals surface area (Å²) < 4.78 is 5.53. The number of ketones is 1. The Morgan fingerprint density at radius 1 is 1.11 bits per heavy atom.